The lowest BCUT2D eigenvalue weighted by atomic mass is 10.1. The Balaban J connectivity index is 1.80. The minimum absolute atomic E-state index is 0.103. The number of imide groups is 1. The summed E-state index contributed by atoms with van der Waals surface area (Å²) in [6.07, 6.45) is 1.60. The second-order valence-electron chi connectivity index (χ2n) is 4.61. The molecule has 3 rings (SSSR count). The van der Waals surface area contributed by atoms with Crippen LogP contribution in [0.25, 0.3) is 11.3 Å². The molecule has 1 aromatic heterocycles. The molecule has 6 heteroatoms. The first-order valence-corrected chi connectivity index (χ1v) is 6.51. The van der Waals surface area contributed by atoms with Crippen LogP contribution in [0.15, 0.2) is 42.6 Å². The van der Waals surface area contributed by atoms with Crippen LogP contribution in [0.3, 0.4) is 0 Å². The standard InChI is InChI=1S/C16H11N3O3/c20-13-2-1-9-17-14(13)11-6-3-10(4-7-11)5-8-12-15(21)19-16(22)18-12/h1-4,6-7,9,12,20H,(H2,18,19,21,22). The van der Waals surface area contributed by atoms with E-state index in [0.717, 1.165) is 5.56 Å². The third-order valence-corrected chi connectivity index (χ3v) is 3.08. The number of amides is 3. The van der Waals surface area contributed by atoms with Crippen molar-refractivity contribution in [2.45, 2.75) is 6.04 Å². The molecule has 3 amide bonds. The van der Waals surface area contributed by atoms with Gasteiger partial charge in [0.25, 0.3) is 5.91 Å². The van der Waals surface area contributed by atoms with E-state index in [0.29, 0.717) is 11.3 Å². The number of hydrogen-bond acceptors (Lipinski definition) is 4. The number of carbonyl (C=O) groups is 2. The zero-order valence-electron chi connectivity index (χ0n) is 11.3. The molecule has 1 saturated heterocycles. The minimum Gasteiger partial charge on any atom is -0.506 e. The lowest BCUT2D eigenvalue weighted by Crippen LogP contribution is -2.26. The van der Waals surface area contributed by atoms with Gasteiger partial charge in [0.15, 0.2) is 6.04 Å². The number of aromatic hydroxyl groups is 1. The topological polar surface area (TPSA) is 91.3 Å². The van der Waals surface area contributed by atoms with Gasteiger partial charge in [-0.15, -0.1) is 0 Å². The molecule has 2 aromatic rings. The average molecular weight is 293 g/mol. The number of aromatic nitrogens is 1. The highest BCUT2D eigenvalue weighted by atomic mass is 16.3. The fourth-order valence-electron chi connectivity index (χ4n) is 2.00. The van der Waals surface area contributed by atoms with Crippen molar-refractivity contribution in [1.82, 2.24) is 15.6 Å². The Hall–Kier alpha value is -3.33. The molecular formula is C16H11N3O3. The van der Waals surface area contributed by atoms with Crippen LogP contribution in [0.1, 0.15) is 5.56 Å². The molecule has 0 spiro atoms. The maximum Gasteiger partial charge on any atom is 0.322 e. The quantitative estimate of drug-likeness (QED) is 0.540. The van der Waals surface area contributed by atoms with Crippen molar-refractivity contribution in [1.29, 1.82) is 0 Å². The molecule has 6 nitrogen and oxygen atoms in total. The molecule has 2 heterocycles. The number of hydrogen-bond donors (Lipinski definition) is 3. The number of pyridine rings is 1. The van der Waals surface area contributed by atoms with Crippen LogP contribution in [0.4, 0.5) is 4.79 Å². The summed E-state index contributed by atoms with van der Waals surface area (Å²) in [5, 5.41) is 14.3. The van der Waals surface area contributed by atoms with Crippen LogP contribution in [0.2, 0.25) is 0 Å². The molecule has 1 unspecified atom stereocenters. The van der Waals surface area contributed by atoms with E-state index in [2.05, 4.69) is 27.5 Å². The van der Waals surface area contributed by atoms with Gasteiger partial charge in [-0.2, -0.15) is 0 Å². The van der Waals surface area contributed by atoms with Gasteiger partial charge in [-0.25, -0.2) is 4.79 Å². The van der Waals surface area contributed by atoms with E-state index in [1.807, 2.05) is 0 Å². The zero-order chi connectivity index (χ0) is 15.5. The van der Waals surface area contributed by atoms with Gasteiger partial charge < -0.3 is 10.4 Å². The Kier molecular flexibility index (Phi) is 3.46. The van der Waals surface area contributed by atoms with Crippen LogP contribution in [0, 0.1) is 11.8 Å². The molecule has 0 bridgehead atoms. The van der Waals surface area contributed by atoms with Crippen LogP contribution < -0.4 is 10.6 Å². The Morgan fingerprint density at radius 1 is 1.14 bits per heavy atom. The summed E-state index contributed by atoms with van der Waals surface area (Å²) >= 11 is 0. The summed E-state index contributed by atoms with van der Waals surface area (Å²) in [4.78, 5) is 26.4. The van der Waals surface area contributed by atoms with Crippen molar-refractivity contribution in [3.05, 3.63) is 48.2 Å². The number of carbonyl (C=O) groups excluding carboxylic acids is 2. The van der Waals surface area contributed by atoms with Gasteiger partial charge >= 0.3 is 6.03 Å². The maximum atomic E-state index is 11.3. The van der Waals surface area contributed by atoms with Crippen molar-refractivity contribution >= 4 is 11.9 Å². The molecule has 0 aliphatic carbocycles. The predicted octanol–water partition coefficient (Wildman–Crippen LogP) is 1.01. The number of benzene rings is 1. The summed E-state index contributed by atoms with van der Waals surface area (Å²) < 4.78 is 0. The molecule has 1 aliphatic rings. The predicted molar refractivity (Wildman–Crippen MR) is 78.7 cm³/mol. The Morgan fingerprint density at radius 3 is 2.55 bits per heavy atom. The van der Waals surface area contributed by atoms with Gasteiger partial charge in [-0.1, -0.05) is 24.0 Å². The Labute approximate surface area is 126 Å². The minimum atomic E-state index is -0.827. The van der Waals surface area contributed by atoms with E-state index in [-0.39, 0.29) is 5.75 Å². The maximum absolute atomic E-state index is 11.3. The van der Waals surface area contributed by atoms with Gasteiger partial charge in [0, 0.05) is 17.3 Å². The normalized spacial score (nSPS) is 16.5. The highest BCUT2D eigenvalue weighted by molar-refractivity contribution is 6.05. The summed E-state index contributed by atoms with van der Waals surface area (Å²) in [5.74, 6) is 5.16. The summed E-state index contributed by atoms with van der Waals surface area (Å²) in [7, 11) is 0. The van der Waals surface area contributed by atoms with Crippen molar-refractivity contribution in [3.8, 4) is 28.8 Å². The summed E-state index contributed by atoms with van der Waals surface area (Å²) in [6.45, 7) is 0. The van der Waals surface area contributed by atoms with E-state index in [1.54, 1.807) is 42.6 Å². The average Bonchev–Trinajstić information content (AvgIpc) is 2.84. The van der Waals surface area contributed by atoms with Crippen molar-refractivity contribution in [2.75, 3.05) is 0 Å². The van der Waals surface area contributed by atoms with E-state index < -0.39 is 18.0 Å². The first-order chi connectivity index (χ1) is 10.6. The third-order valence-electron chi connectivity index (χ3n) is 3.08. The monoisotopic (exact) mass is 293 g/mol. The van der Waals surface area contributed by atoms with Gasteiger partial charge in [0.2, 0.25) is 0 Å². The number of urea groups is 1. The second kappa shape index (κ2) is 5.58. The fourth-order valence-corrected chi connectivity index (χ4v) is 2.00. The van der Waals surface area contributed by atoms with Crippen molar-refractivity contribution in [3.63, 3.8) is 0 Å². The number of nitrogens with zero attached hydrogens (tertiary/aromatic N) is 1. The van der Waals surface area contributed by atoms with Gasteiger partial charge in [-0.3, -0.25) is 15.1 Å². The van der Waals surface area contributed by atoms with E-state index in [1.165, 1.54) is 0 Å². The molecule has 3 N–H and O–H groups in total. The number of rotatable bonds is 1. The summed E-state index contributed by atoms with van der Waals surface area (Å²) in [5.41, 5.74) is 1.94. The largest absolute Gasteiger partial charge is 0.506 e. The third kappa shape index (κ3) is 2.74. The second-order valence-corrected chi connectivity index (χ2v) is 4.61. The molecule has 22 heavy (non-hydrogen) atoms. The summed E-state index contributed by atoms with van der Waals surface area (Å²) in [6, 6.07) is 8.92. The van der Waals surface area contributed by atoms with Gasteiger partial charge in [-0.05, 0) is 24.3 Å². The fraction of sp³-hybridized carbons (Fsp3) is 0.0625. The molecule has 0 radical (unpaired) electrons. The van der Waals surface area contributed by atoms with Gasteiger partial charge in [0.1, 0.15) is 11.4 Å². The Morgan fingerprint density at radius 2 is 1.91 bits per heavy atom. The molecular weight excluding hydrogens is 282 g/mol. The van der Waals surface area contributed by atoms with Crippen molar-refractivity contribution < 1.29 is 14.7 Å². The molecule has 108 valence electrons. The molecule has 1 fully saturated rings. The first-order valence-electron chi connectivity index (χ1n) is 6.51. The number of nitrogens with one attached hydrogen (secondary N) is 2. The van der Waals surface area contributed by atoms with Crippen LogP contribution >= 0.6 is 0 Å². The Bertz CT molecular complexity index is 803. The van der Waals surface area contributed by atoms with E-state index in [4.69, 9.17) is 0 Å². The zero-order valence-corrected chi connectivity index (χ0v) is 11.3. The highest BCUT2D eigenvalue weighted by Gasteiger charge is 2.27. The lowest BCUT2D eigenvalue weighted by molar-refractivity contribution is -0.119. The van der Waals surface area contributed by atoms with Crippen molar-refractivity contribution in [2.24, 2.45) is 0 Å². The molecule has 0 saturated carbocycles. The SMILES string of the molecule is O=C1NC(=O)C(C#Cc2ccc(-c3ncccc3O)cc2)N1. The smallest absolute Gasteiger partial charge is 0.322 e. The van der Waals surface area contributed by atoms with Crippen LogP contribution in [-0.4, -0.2) is 28.1 Å². The lowest BCUT2D eigenvalue weighted by Gasteiger charge is -2.03. The van der Waals surface area contributed by atoms with Crippen LogP contribution in [0.5, 0.6) is 5.75 Å². The first kappa shape index (κ1) is 13.6. The molecule has 1 atom stereocenters. The molecule has 1 aliphatic heterocycles. The molecule has 1 aromatic carbocycles. The van der Waals surface area contributed by atoms with Crippen LogP contribution in [-0.2, 0) is 4.79 Å². The van der Waals surface area contributed by atoms with E-state index in [9.17, 15) is 14.7 Å². The van der Waals surface area contributed by atoms with Gasteiger partial charge in [0.05, 0.1) is 0 Å². The highest BCUT2D eigenvalue weighted by Crippen LogP contribution is 2.25. The van der Waals surface area contributed by atoms with E-state index >= 15 is 0 Å².